The fourth-order valence-corrected chi connectivity index (χ4v) is 6.32. The van der Waals surface area contributed by atoms with E-state index in [0.29, 0.717) is 46.5 Å². The first-order valence-electron chi connectivity index (χ1n) is 14.3. The molecule has 11 heteroatoms. The number of benzene rings is 3. The number of halogens is 2. The van der Waals surface area contributed by atoms with Gasteiger partial charge in [0.2, 0.25) is 11.8 Å². The lowest BCUT2D eigenvalue weighted by molar-refractivity contribution is -0.140. The lowest BCUT2D eigenvalue weighted by Crippen LogP contribution is -2.53. The smallest absolute Gasteiger partial charge is 0.264 e. The van der Waals surface area contributed by atoms with Crippen molar-refractivity contribution in [3.8, 4) is 5.75 Å². The molecule has 0 fully saturated rings. The largest absolute Gasteiger partial charge is 0.494 e. The maximum Gasteiger partial charge on any atom is 0.264 e. The van der Waals surface area contributed by atoms with E-state index in [-0.39, 0.29) is 23.4 Å². The van der Waals surface area contributed by atoms with Crippen LogP contribution in [0.1, 0.15) is 51.7 Å². The van der Waals surface area contributed by atoms with Crippen LogP contribution in [0.15, 0.2) is 71.6 Å². The van der Waals surface area contributed by atoms with E-state index in [9.17, 15) is 18.0 Å². The molecule has 3 rings (SSSR count). The van der Waals surface area contributed by atoms with E-state index in [1.54, 1.807) is 61.5 Å². The highest BCUT2D eigenvalue weighted by molar-refractivity contribution is 7.92. The van der Waals surface area contributed by atoms with Gasteiger partial charge in [0, 0.05) is 22.6 Å². The lowest BCUT2D eigenvalue weighted by atomic mass is 10.1. The third-order valence-electron chi connectivity index (χ3n) is 7.07. The maximum absolute atomic E-state index is 14.2. The monoisotopic (exact) mass is 647 g/mol. The van der Waals surface area contributed by atoms with Crippen LogP contribution >= 0.6 is 23.2 Å². The summed E-state index contributed by atoms with van der Waals surface area (Å²) in [7, 11) is -4.20. The summed E-state index contributed by atoms with van der Waals surface area (Å²) in [6.07, 6.45) is 1.01. The molecule has 3 aromatic rings. The van der Waals surface area contributed by atoms with Crippen molar-refractivity contribution in [1.82, 2.24) is 10.2 Å². The molecule has 0 aliphatic rings. The summed E-state index contributed by atoms with van der Waals surface area (Å²) in [5, 5.41) is 3.72. The minimum Gasteiger partial charge on any atom is -0.494 e. The van der Waals surface area contributed by atoms with Gasteiger partial charge in [-0.2, -0.15) is 0 Å². The number of nitrogens with one attached hydrogen (secondary N) is 1. The molecule has 2 atom stereocenters. The SMILES string of the molecule is CCOc1ccc(S(=O)(=O)N(CC(=O)N(Cc2ccc(Cl)cc2Cl)C(CC)C(=O)NC(C)CC)c2ccc(C)cc2)cc1. The van der Waals surface area contributed by atoms with Crippen LogP contribution in [0.2, 0.25) is 10.0 Å². The van der Waals surface area contributed by atoms with Crippen molar-refractivity contribution in [1.29, 1.82) is 0 Å². The molecule has 0 aliphatic heterocycles. The van der Waals surface area contributed by atoms with Crippen LogP contribution in [-0.4, -0.2) is 50.4 Å². The van der Waals surface area contributed by atoms with E-state index in [2.05, 4.69) is 5.32 Å². The van der Waals surface area contributed by atoms with E-state index in [1.807, 2.05) is 27.7 Å². The Morgan fingerprint density at radius 1 is 0.930 bits per heavy atom. The number of rotatable bonds is 14. The first kappa shape index (κ1) is 34.2. The summed E-state index contributed by atoms with van der Waals surface area (Å²) in [5.74, 6) is -0.359. The Labute approximate surface area is 265 Å². The number of ether oxygens (including phenoxy) is 1. The molecule has 8 nitrogen and oxygen atoms in total. The first-order valence-corrected chi connectivity index (χ1v) is 16.5. The van der Waals surface area contributed by atoms with Gasteiger partial charge in [-0.15, -0.1) is 0 Å². The fraction of sp³-hybridized carbons (Fsp3) is 0.375. The van der Waals surface area contributed by atoms with Crippen LogP contribution in [0, 0.1) is 6.92 Å². The van der Waals surface area contributed by atoms with Gasteiger partial charge in [-0.05, 0) is 87.7 Å². The third kappa shape index (κ3) is 8.87. The van der Waals surface area contributed by atoms with Gasteiger partial charge in [0.15, 0.2) is 0 Å². The number of nitrogens with zero attached hydrogens (tertiary/aromatic N) is 2. The number of carbonyl (C=O) groups excluding carboxylic acids is 2. The van der Waals surface area contributed by atoms with Crippen molar-refractivity contribution >= 4 is 50.7 Å². The molecule has 1 N–H and O–H groups in total. The predicted octanol–water partition coefficient (Wildman–Crippen LogP) is 6.62. The van der Waals surface area contributed by atoms with Gasteiger partial charge in [0.05, 0.1) is 17.2 Å². The van der Waals surface area contributed by atoms with Crippen molar-refractivity contribution in [2.45, 2.75) is 71.0 Å². The summed E-state index contributed by atoms with van der Waals surface area (Å²) in [6.45, 7) is 9.24. The number of aryl methyl sites for hydroxylation is 1. The van der Waals surface area contributed by atoms with Gasteiger partial charge in [0.1, 0.15) is 18.3 Å². The molecule has 0 aromatic heterocycles. The van der Waals surface area contributed by atoms with Crippen LogP contribution in [0.25, 0.3) is 0 Å². The molecular weight excluding hydrogens is 609 g/mol. The standard InChI is InChI=1S/C32H39Cl2N3O5S/c1-6-23(5)35-32(39)30(7-2)36(20-24-11-12-25(33)19-29(24)34)31(38)21-37(26-13-9-22(4)10-14-26)43(40,41)28-17-15-27(16-18-28)42-8-3/h9-19,23,30H,6-8,20-21H2,1-5H3,(H,35,39). The number of carbonyl (C=O) groups is 2. The number of sulfonamides is 1. The van der Waals surface area contributed by atoms with Crippen LogP contribution < -0.4 is 14.4 Å². The van der Waals surface area contributed by atoms with Crippen LogP contribution in [0.4, 0.5) is 5.69 Å². The zero-order valence-corrected chi connectivity index (χ0v) is 27.5. The molecule has 0 saturated carbocycles. The van der Waals surface area contributed by atoms with Crippen molar-refractivity contribution in [2.75, 3.05) is 17.5 Å². The number of anilines is 1. The summed E-state index contributed by atoms with van der Waals surface area (Å²) in [5.41, 5.74) is 1.82. The first-order chi connectivity index (χ1) is 20.4. The Morgan fingerprint density at radius 2 is 1.58 bits per heavy atom. The number of hydrogen-bond acceptors (Lipinski definition) is 5. The molecule has 43 heavy (non-hydrogen) atoms. The highest BCUT2D eigenvalue weighted by Gasteiger charge is 2.34. The molecule has 232 valence electrons. The molecule has 0 saturated heterocycles. The molecule has 0 bridgehead atoms. The number of amides is 2. The van der Waals surface area contributed by atoms with Gasteiger partial charge in [-0.3, -0.25) is 13.9 Å². The van der Waals surface area contributed by atoms with Gasteiger partial charge < -0.3 is 15.0 Å². The van der Waals surface area contributed by atoms with Crippen molar-refractivity contribution < 1.29 is 22.7 Å². The Kier molecular flexibility index (Phi) is 12.3. The van der Waals surface area contributed by atoms with E-state index in [0.717, 1.165) is 9.87 Å². The average Bonchev–Trinajstić information content (AvgIpc) is 2.97. The molecule has 0 spiro atoms. The predicted molar refractivity (Wildman–Crippen MR) is 172 cm³/mol. The normalized spacial score (nSPS) is 12.7. The second-order valence-electron chi connectivity index (χ2n) is 10.3. The Bertz CT molecular complexity index is 1500. The second kappa shape index (κ2) is 15.5. The number of hydrogen-bond donors (Lipinski definition) is 1. The van der Waals surface area contributed by atoms with E-state index in [1.165, 1.54) is 17.0 Å². The van der Waals surface area contributed by atoms with Crippen LogP contribution in [0.3, 0.4) is 0 Å². The molecule has 2 amide bonds. The van der Waals surface area contributed by atoms with Crippen molar-refractivity contribution in [2.24, 2.45) is 0 Å². The minimum atomic E-state index is -4.20. The fourth-order valence-electron chi connectivity index (χ4n) is 4.44. The van der Waals surface area contributed by atoms with Gasteiger partial charge in [0.25, 0.3) is 10.0 Å². The summed E-state index contributed by atoms with van der Waals surface area (Å²) in [4.78, 5) is 29.0. The topological polar surface area (TPSA) is 96.0 Å². The van der Waals surface area contributed by atoms with Gasteiger partial charge in [-0.25, -0.2) is 8.42 Å². The summed E-state index contributed by atoms with van der Waals surface area (Å²) in [6, 6.07) is 16.8. The van der Waals surface area contributed by atoms with E-state index in [4.69, 9.17) is 27.9 Å². The van der Waals surface area contributed by atoms with Gasteiger partial charge in [-0.1, -0.05) is 60.8 Å². The minimum absolute atomic E-state index is 0.00169. The molecule has 2 unspecified atom stereocenters. The maximum atomic E-state index is 14.2. The molecular formula is C32H39Cl2N3O5S. The average molecular weight is 649 g/mol. The van der Waals surface area contributed by atoms with Gasteiger partial charge >= 0.3 is 0 Å². The highest BCUT2D eigenvalue weighted by Crippen LogP contribution is 2.28. The van der Waals surface area contributed by atoms with Crippen molar-refractivity contribution in [3.63, 3.8) is 0 Å². The second-order valence-corrected chi connectivity index (χ2v) is 13.0. The lowest BCUT2D eigenvalue weighted by Gasteiger charge is -2.34. The highest BCUT2D eigenvalue weighted by atomic mass is 35.5. The van der Waals surface area contributed by atoms with Crippen molar-refractivity contribution in [3.05, 3.63) is 87.9 Å². The summed E-state index contributed by atoms with van der Waals surface area (Å²) >= 11 is 12.6. The third-order valence-corrected chi connectivity index (χ3v) is 9.44. The Morgan fingerprint density at radius 3 is 2.14 bits per heavy atom. The summed E-state index contributed by atoms with van der Waals surface area (Å²) < 4.78 is 34.6. The van der Waals surface area contributed by atoms with Crippen LogP contribution in [0.5, 0.6) is 5.75 Å². The zero-order valence-electron chi connectivity index (χ0n) is 25.1. The Balaban J connectivity index is 2.07. The molecule has 0 heterocycles. The zero-order chi connectivity index (χ0) is 31.7. The van der Waals surface area contributed by atoms with Crippen LogP contribution in [-0.2, 0) is 26.2 Å². The molecule has 0 aliphatic carbocycles. The Hall–Kier alpha value is -3.27. The van der Waals surface area contributed by atoms with E-state index >= 15 is 0 Å². The quantitative estimate of drug-likeness (QED) is 0.212. The van der Waals surface area contributed by atoms with E-state index < -0.39 is 28.5 Å². The molecule has 3 aromatic carbocycles. The molecule has 0 radical (unpaired) electrons.